The zero-order chi connectivity index (χ0) is 15.4. The molecule has 2 saturated heterocycles. The van der Waals surface area contributed by atoms with E-state index in [-0.39, 0.29) is 11.8 Å². The summed E-state index contributed by atoms with van der Waals surface area (Å²) < 4.78 is 7.31. The minimum Gasteiger partial charge on any atom is -0.381 e. The Morgan fingerprint density at radius 1 is 1.36 bits per heavy atom. The highest BCUT2D eigenvalue weighted by Crippen LogP contribution is 2.17. The Hall–Kier alpha value is -1.40. The molecule has 6 heteroatoms. The molecule has 0 saturated carbocycles. The monoisotopic (exact) mass is 306 g/mol. The highest BCUT2D eigenvalue weighted by molar-refractivity contribution is 5.79. The molecule has 6 nitrogen and oxygen atoms in total. The van der Waals surface area contributed by atoms with E-state index in [1.165, 1.54) is 5.56 Å². The molecule has 1 atom stereocenters. The minimum atomic E-state index is 0.0920. The molecule has 0 aromatic carbocycles. The van der Waals surface area contributed by atoms with Crippen LogP contribution in [0.1, 0.15) is 25.3 Å². The van der Waals surface area contributed by atoms with Crippen LogP contribution in [0.15, 0.2) is 12.4 Å². The molecule has 0 radical (unpaired) electrons. The van der Waals surface area contributed by atoms with Crippen LogP contribution in [-0.4, -0.2) is 64.9 Å². The van der Waals surface area contributed by atoms with E-state index in [1.807, 2.05) is 15.8 Å². The van der Waals surface area contributed by atoms with Crippen molar-refractivity contribution in [2.75, 3.05) is 39.4 Å². The molecular weight excluding hydrogens is 280 g/mol. The number of nitrogens with zero attached hydrogens (tertiary/aromatic N) is 4. The number of rotatable bonds is 4. The van der Waals surface area contributed by atoms with Crippen molar-refractivity contribution in [2.45, 2.75) is 32.9 Å². The number of aryl methyl sites for hydroxylation is 1. The number of amides is 1. The van der Waals surface area contributed by atoms with Gasteiger partial charge >= 0.3 is 0 Å². The Morgan fingerprint density at radius 2 is 2.27 bits per heavy atom. The molecule has 0 aliphatic carbocycles. The van der Waals surface area contributed by atoms with E-state index < -0.39 is 0 Å². The molecule has 0 N–H and O–H groups in total. The minimum absolute atomic E-state index is 0.0920. The van der Waals surface area contributed by atoms with E-state index >= 15 is 0 Å². The Morgan fingerprint density at radius 3 is 3.00 bits per heavy atom. The van der Waals surface area contributed by atoms with Gasteiger partial charge in [0, 0.05) is 57.6 Å². The number of aromatic nitrogens is 2. The molecule has 3 rings (SSSR count). The van der Waals surface area contributed by atoms with E-state index in [9.17, 15) is 4.79 Å². The predicted octanol–water partition coefficient (Wildman–Crippen LogP) is 0.974. The van der Waals surface area contributed by atoms with Crippen LogP contribution >= 0.6 is 0 Å². The number of carbonyl (C=O) groups excluding carboxylic acids is 1. The van der Waals surface area contributed by atoms with Gasteiger partial charge in [-0.25, -0.2) is 0 Å². The fourth-order valence-corrected chi connectivity index (χ4v) is 3.26. The second-order valence-electron chi connectivity index (χ2n) is 6.22. The van der Waals surface area contributed by atoms with Gasteiger partial charge in [-0.2, -0.15) is 5.10 Å². The van der Waals surface area contributed by atoms with Crippen LogP contribution in [-0.2, 0) is 22.6 Å². The second kappa shape index (κ2) is 7.24. The average Bonchev–Trinajstić information content (AvgIpc) is 3.16. The van der Waals surface area contributed by atoms with Gasteiger partial charge in [0.2, 0.25) is 5.91 Å². The van der Waals surface area contributed by atoms with Gasteiger partial charge in [-0.3, -0.25) is 14.4 Å². The third-order valence-corrected chi connectivity index (χ3v) is 4.60. The van der Waals surface area contributed by atoms with Gasteiger partial charge in [0.15, 0.2) is 0 Å². The van der Waals surface area contributed by atoms with E-state index in [4.69, 9.17) is 4.74 Å². The molecule has 1 unspecified atom stereocenters. The summed E-state index contributed by atoms with van der Waals surface area (Å²) in [7, 11) is 0. The maximum Gasteiger partial charge on any atom is 0.228 e. The summed E-state index contributed by atoms with van der Waals surface area (Å²) in [6.45, 7) is 8.96. The summed E-state index contributed by atoms with van der Waals surface area (Å²) in [6, 6.07) is 0. The molecule has 2 aliphatic heterocycles. The van der Waals surface area contributed by atoms with Gasteiger partial charge in [-0.1, -0.05) is 0 Å². The molecule has 1 amide bonds. The van der Waals surface area contributed by atoms with E-state index in [1.54, 1.807) is 0 Å². The maximum atomic E-state index is 12.5. The molecular formula is C16H26N4O2. The van der Waals surface area contributed by atoms with Crippen molar-refractivity contribution in [3.05, 3.63) is 18.0 Å². The first kappa shape index (κ1) is 15.5. The Bertz CT molecular complexity index is 496. The molecule has 1 aromatic heterocycles. The van der Waals surface area contributed by atoms with Gasteiger partial charge in [0.25, 0.3) is 0 Å². The largest absolute Gasteiger partial charge is 0.381 e. The van der Waals surface area contributed by atoms with E-state index in [0.717, 1.165) is 58.7 Å². The van der Waals surface area contributed by atoms with Gasteiger partial charge < -0.3 is 9.64 Å². The number of hydrogen-bond donors (Lipinski definition) is 0. The lowest BCUT2D eigenvalue weighted by Crippen LogP contribution is -2.39. The van der Waals surface area contributed by atoms with E-state index in [0.29, 0.717) is 6.61 Å². The number of hydrogen-bond acceptors (Lipinski definition) is 4. The molecule has 2 fully saturated rings. The van der Waals surface area contributed by atoms with Crippen molar-refractivity contribution in [3.8, 4) is 0 Å². The maximum absolute atomic E-state index is 12.5. The number of carbonyl (C=O) groups is 1. The predicted molar refractivity (Wildman–Crippen MR) is 83.3 cm³/mol. The van der Waals surface area contributed by atoms with Crippen molar-refractivity contribution in [2.24, 2.45) is 5.92 Å². The Balaban J connectivity index is 1.52. The Kier molecular flexibility index (Phi) is 5.10. The summed E-state index contributed by atoms with van der Waals surface area (Å²) in [5.41, 5.74) is 1.26. The highest BCUT2D eigenvalue weighted by atomic mass is 16.5. The van der Waals surface area contributed by atoms with Crippen molar-refractivity contribution < 1.29 is 9.53 Å². The summed E-state index contributed by atoms with van der Waals surface area (Å²) in [4.78, 5) is 16.9. The first-order chi connectivity index (χ1) is 10.8. The van der Waals surface area contributed by atoms with Crippen LogP contribution in [0.2, 0.25) is 0 Å². The van der Waals surface area contributed by atoms with Crippen LogP contribution < -0.4 is 0 Å². The summed E-state index contributed by atoms with van der Waals surface area (Å²) >= 11 is 0. The lowest BCUT2D eigenvalue weighted by atomic mass is 10.1. The zero-order valence-corrected chi connectivity index (χ0v) is 13.4. The van der Waals surface area contributed by atoms with Crippen LogP contribution in [0.25, 0.3) is 0 Å². The number of ether oxygens (including phenoxy) is 1. The van der Waals surface area contributed by atoms with Crippen molar-refractivity contribution in [3.63, 3.8) is 0 Å². The third-order valence-electron chi connectivity index (χ3n) is 4.60. The van der Waals surface area contributed by atoms with Gasteiger partial charge in [-0.05, 0) is 19.8 Å². The molecule has 0 bridgehead atoms. The first-order valence-corrected chi connectivity index (χ1v) is 8.36. The standard InChI is InChI=1S/C16H26N4O2/c1-2-20-12-14(10-17-20)11-18-5-3-6-19(8-7-18)16(21)15-4-9-22-13-15/h10,12,15H,2-9,11,13H2,1H3. The second-order valence-corrected chi connectivity index (χ2v) is 6.22. The van der Waals surface area contributed by atoms with Gasteiger partial charge in [-0.15, -0.1) is 0 Å². The Labute approximate surface area is 132 Å². The van der Waals surface area contributed by atoms with Crippen LogP contribution in [0.4, 0.5) is 0 Å². The fraction of sp³-hybridized carbons (Fsp3) is 0.750. The quantitative estimate of drug-likeness (QED) is 0.832. The van der Waals surface area contributed by atoms with Crippen molar-refractivity contribution >= 4 is 5.91 Å². The average molecular weight is 306 g/mol. The van der Waals surface area contributed by atoms with Crippen LogP contribution in [0, 0.1) is 5.92 Å². The smallest absolute Gasteiger partial charge is 0.228 e. The molecule has 1 aromatic rings. The zero-order valence-electron chi connectivity index (χ0n) is 13.4. The third kappa shape index (κ3) is 3.67. The van der Waals surface area contributed by atoms with Crippen LogP contribution in [0.3, 0.4) is 0 Å². The first-order valence-electron chi connectivity index (χ1n) is 8.36. The molecule has 22 heavy (non-hydrogen) atoms. The SMILES string of the molecule is CCn1cc(CN2CCCN(C(=O)C3CCOC3)CC2)cn1. The van der Waals surface area contributed by atoms with Crippen LogP contribution in [0.5, 0.6) is 0 Å². The highest BCUT2D eigenvalue weighted by Gasteiger charge is 2.29. The van der Waals surface area contributed by atoms with Crippen molar-refractivity contribution in [1.82, 2.24) is 19.6 Å². The molecule has 0 spiro atoms. The van der Waals surface area contributed by atoms with Crippen molar-refractivity contribution in [1.29, 1.82) is 0 Å². The van der Waals surface area contributed by atoms with E-state index in [2.05, 4.69) is 23.1 Å². The molecule has 2 aliphatic rings. The summed E-state index contributed by atoms with van der Waals surface area (Å²) in [5, 5.41) is 4.33. The topological polar surface area (TPSA) is 50.6 Å². The van der Waals surface area contributed by atoms with Gasteiger partial charge in [0.05, 0.1) is 18.7 Å². The lowest BCUT2D eigenvalue weighted by Gasteiger charge is -2.24. The molecule has 122 valence electrons. The lowest BCUT2D eigenvalue weighted by molar-refractivity contribution is -0.135. The summed E-state index contributed by atoms with van der Waals surface area (Å²) in [6.07, 6.45) is 5.99. The fourth-order valence-electron chi connectivity index (χ4n) is 3.26. The summed E-state index contributed by atoms with van der Waals surface area (Å²) in [5.74, 6) is 0.382. The van der Waals surface area contributed by atoms with Gasteiger partial charge in [0.1, 0.15) is 0 Å². The molecule has 3 heterocycles. The normalized spacial score (nSPS) is 23.7.